The van der Waals surface area contributed by atoms with E-state index < -0.39 is 5.82 Å². The molecule has 0 spiro atoms. The molecule has 0 atom stereocenters. The lowest BCUT2D eigenvalue weighted by Crippen LogP contribution is -2.54. The molecule has 6 nitrogen and oxygen atoms in total. The summed E-state index contributed by atoms with van der Waals surface area (Å²) >= 11 is 6.13. The first-order valence-electron chi connectivity index (χ1n) is 11.1. The maximum Gasteiger partial charge on any atom is 0.256 e. The highest BCUT2D eigenvalue weighted by Gasteiger charge is 2.27. The second-order valence-corrected chi connectivity index (χ2v) is 8.81. The van der Waals surface area contributed by atoms with Crippen LogP contribution in [0.25, 0.3) is 0 Å². The summed E-state index contributed by atoms with van der Waals surface area (Å²) in [5.41, 5.74) is 0.568. The molecule has 9 heteroatoms. The fraction of sp³-hybridized carbons (Fsp3) is 0.417. The van der Waals surface area contributed by atoms with E-state index in [4.69, 9.17) is 11.6 Å². The summed E-state index contributed by atoms with van der Waals surface area (Å²) in [6.07, 6.45) is 0. The van der Waals surface area contributed by atoms with Gasteiger partial charge in [-0.05, 0) is 24.3 Å². The van der Waals surface area contributed by atoms with E-state index in [-0.39, 0.29) is 23.2 Å². The van der Waals surface area contributed by atoms with E-state index in [0.29, 0.717) is 76.0 Å². The summed E-state index contributed by atoms with van der Waals surface area (Å²) in [6.45, 7) is 5.23. The van der Waals surface area contributed by atoms with Crippen molar-refractivity contribution < 1.29 is 18.4 Å². The third-order valence-electron chi connectivity index (χ3n) is 6.29. The van der Waals surface area contributed by atoms with Gasteiger partial charge in [-0.3, -0.25) is 19.4 Å². The van der Waals surface area contributed by atoms with E-state index in [0.717, 1.165) is 0 Å². The first kappa shape index (κ1) is 23.6. The molecular formula is C24H27ClF2N4O2. The van der Waals surface area contributed by atoms with Crippen LogP contribution in [0.4, 0.5) is 8.78 Å². The molecule has 176 valence electrons. The van der Waals surface area contributed by atoms with Gasteiger partial charge in [0.2, 0.25) is 5.91 Å². The Labute approximate surface area is 197 Å². The number of amides is 2. The van der Waals surface area contributed by atoms with Crippen molar-refractivity contribution in [2.24, 2.45) is 0 Å². The zero-order valence-electron chi connectivity index (χ0n) is 18.4. The van der Waals surface area contributed by atoms with Gasteiger partial charge in [0.1, 0.15) is 11.6 Å². The smallest absolute Gasteiger partial charge is 0.256 e. The van der Waals surface area contributed by atoms with Gasteiger partial charge in [0.25, 0.3) is 5.91 Å². The molecule has 33 heavy (non-hydrogen) atoms. The van der Waals surface area contributed by atoms with Crippen LogP contribution in [0, 0.1) is 11.6 Å². The molecule has 2 aliphatic rings. The van der Waals surface area contributed by atoms with Gasteiger partial charge < -0.3 is 9.80 Å². The molecule has 2 amide bonds. The standard InChI is InChI=1S/C24H27ClF2N4O2/c25-20-5-3-7-22(27)19(20)16-28-8-12-30(13-9-28)23(32)17-29-10-14-31(15-11-29)24(33)18-4-1-2-6-21(18)26/h1-7H,8-17H2. The number of piperazine rings is 2. The maximum absolute atomic E-state index is 14.0. The van der Waals surface area contributed by atoms with Crippen LogP contribution in [0.3, 0.4) is 0 Å². The molecule has 0 aliphatic carbocycles. The Kier molecular flexibility index (Phi) is 7.57. The Morgan fingerprint density at radius 3 is 2.03 bits per heavy atom. The summed E-state index contributed by atoms with van der Waals surface area (Å²) in [5, 5.41) is 0.418. The molecule has 4 rings (SSSR count). The summed E-state index contributed by atoms with van der Waals surface area (Å²) in [6, 6.07) is 10.7. The Bertz CT molecular complexity index is 985. The second kappa shape index (κ2) is 10.6. The highest BCUT2D eigenvalue weighted by molar-refractivity contribution is 6.31. The molecule has 2 heterocycles. The molecular weight excluding hydrogens is 450 g/mol. The van der Waals surface area contributed by atoms with Gasteiger partial charge in [0.05, 0.1) is 12.1 Å². The van der Waals surface area contributed by atoms with Crippen LogP contribution in [0.1, 0.15) is 15.9 Å². The van der Waals surface area contributed by atoms with Crippen LogP contribution < -0.4 is 0 Å². The van der Waals surface area contributed by atoms with Gasteiger partial charge in [-0.25, -0.2) is 8.78 Å². The molecule has 2 aliphatic heterocycles. The number of nitrogens with zero attached hydrogens (tertiary/aromatic N) is 4. The van der Waals surface area contributed by atoms with Crippen molar-refractivity contribution in [3.63, 3.8) is 0 Å². The Balaban J connectivity index is 1.22. The van der Waals surface area contributed by atoms with E-state index in [9.17, 15) is 18.4 Å². The molecule has 2 fully saturated rings. The highest BCUT2D eigenvalue weighted by Crippen LogP contribution is 2.21. The molecule has 0 saturated carbocycles. The third-order valence-corrected chi connectivity index (χ3v) is 6.65. The number of rotatable bonds is 5. The highest BCUT2D eigenvalue weighted by atomic mass is 35.5. The average molecular weight is 477 g/mol. The van der Waals surface area contributed by atoms with Crippen molar-refractivity contribution in [1.82, 2.24) is 19.6 Å². The van der Waals surface area contributed by atoms with Crippen molar-refractivity contribution in [2.75, 3.05) is 58.9 Å². The van der Waals surface area contributed by atoms with Gasteiger partial charge in [-0.1, -0.05) is 29.8 Å². The predicted molar refractivity (Wildman–Crippen MR) is 122 cm³/mol. The van der Waals surface area contributed by atoms with E-state index in [1.165, 1.54) is 18.2 Å². The van der Waals surface area contributed by atoms with Gasteiger partial charge in [0.15, 0.2) is 0 Å². The van der Waals surface area contributed by atoms with Crippen LogP contribution in [-0.4, -0.2) is 90.3 Å². The average Bonchev–Trinajstić information content (AvgIpc) is 2.82. The number of hydrogen-bond donors (Lipinski definition) is 0. The lowest BCUT2D eigenvalue weighted by atomic mass is 10.1. The van der Waals surface area contributed by atoms with Gasteiger partial charge >= 0.3 is 0 Å². The Hall–Kier alpha value is -2.55. The first-order valence-corrected chi connectivity index (χ1v) is 11.5. The molecule has 2 saturated heterocycles. The van der Waals surface area contributed by atoms with E-state index in [1.54, 1.807) is 29.2 Å². The molecule has 0 N–H and O–H groups in total. The Morgan fingerprint density at radius 1 is 0.758 bits per heavy atom. The Morgan fingerprint density at radius 2 is 1.36 bits per heavy atom. The molecule has 0 radical (unpaired) electrons. The third kappa shape index (κ3) is 5.69. The molecule has 0 aromatic heterocycles. The van der Waals surface area contributed by atoms with Gasteiger partial charge in [0, 0.05) is 69.5 Å². The maximum atomic E-state index is 14.0. The minimum atomic E-state index is -0.517. The normalized spacial score (nSPS) is 17.9. The lowest BCUT2D eigenvalue weighted by molar-refractivity contribution is -0.134. The van der Waals surface area contributed by atoms with Gasteiger partial charge in [-0.15, -0.1) is 0 Å². The summed E-state index contributed by atoms with van der Waals surface area (Å²) in [4.78, 5) is 32.9. The van der Waals surface area contributed by atoms with Gasteiger partial charge in [-0.2, -0.15) is 0 Å². The topological polar surface area (TPSA) is 47.1 Å². The molecule has 0 bridgehead atoms. The number of carbonyl (C=O) groups is 2. The fourth-order valence-electron chi connectivity index (χ4n) is 4.27. The number of carbonyl (C=O) groups excluding carboxylic acids is 2. The van der Waals surface area contributed by atoms with E-state index in [2.05, 4.69) is 4.90 Å². The quantitative estimate of drug-likeness (QED) is 0.666. The van der Waals surface area contributed by atoms with Crippen LogP contribution in [0.2, 0.25) is 5.02 Å². The van der Waals surface area contributed by atoms with Crippen molar-refractivity contribution in [1.29, 1.82) is 0 Å². The van der Waals surface area contributed by atoms with Crippen molar-refractivity contribution in [2.45, 2.75) is 6.54 Å². The van der Waals surface area contributed by atoms with Crippen LogP contribution >= 0.6 is 11.6 Å². The summed E-state index contributed by atoms with van der Waals surface area (Å²) in [7, 11) is 0. The summed E-state index contributed by atoms with van der Waals surface area (Å²) < 4.78 is 27.9. The zero-order chi connectivity index (χ0) is 23.4. The number of benzene rings is 2. The largest absolute Gasteiger partial charge is 0.339 e. The predicted octanol–water partition coefficient (Wildman–Crippen LogP) is 2.72. The van der Waals surface area contributed by atoms with Crippen molar-refractivity contribution >= 4 is 23.4 Å². The van der Waals surface area contributed by atoms with Crippen molar-refractivity contribution in [3.05, 3.63) is 70.2 Å². The van der Waals surface area contributed by atoms with Crippen molar-refractivity contribution in [3.8, 4) is 0 Å². The number of halogens is 3. The second-order valence-electron chi connectivity index (χ2n) is 8.41. The SMILES string of the molecule is O=C(CN1CCN(C(=O)c2ccccc2F)CC1)N1CCN(Cc2c(F)cccc2Cl)CC1. The van der Waals surface area contributed by atoms with E-state index in [1.807, 2.05) is 9.80 Å². The summed E-state index contributed by atoms with van der Waals surface area (Å²) in [5.74, 6) is -1.09. The molecule has 2 aromatic carbocycles. The minimum Gasteiger partial charge on any atom is -0.339 e. The lowest BCUT2D eigenvalue weighted by Gasteiger charge is -2.38. The number of hydrogen-bond acceptors (Lipinski definition) is 4. The molecule has 2 aromatic rings. The van der Waals surface area contributed by atoms with E-state index >= 15 is 0 Å². The minimum absolute atomic E-state index is 0.0486. The van der Waals surface area contributed by atoms with Crippen LogP contribution in [-0.2, 0) is 11.3 Å². The van der Waals surface area contributed by atoms with Crippen LogP contribution in [0.15, 0.2) is 42.5 Å². The zero-order valence-corrected chi connectivity index (χ0v) is 19.1. The monoisotopic (exact) mass is 476 g/mol. The van der Waals surface area contributed by atoms with Crippen LogP contribution in [0.5, 0.6) is 0 Å². The molecule has 0 unspecified atom stereocenters. The first-order chi connectivity index (χ1) is 15.9. The fourth-order valence-corrected chi connectivity index (χ4v) is 4.49.